The summed E-state index contributed by atoms with van der Waals surface area (Å²) in [7, 11) is 3.21. The summed E-state index contributed by atoms with van der Waals surface area (Å²) < 4.78 is 10.7. The second kappa shape index (κ2) is 6.91. The van der Waals surface area contributed by atoms with Crippen LogP contribution in [0.25, 0.3) is 0 Å². The van der Waals surface area contributed by atoms with Gasteiger partial charge in [0, 0.05) is 18.1 Å². The van der Waals surface area contributed by atoms with Crippen LogP contribution in [-0.4, -0.2) is 31.6 Å². The lowest BCUT2D eigenvalue weighted by Crippen LogP contribution is -2.36. The molecule has 0 N–H and O–H groups in total. The maximum absolute atomic E-state index is 12.8. The van der Waals surface area contributed by atoms with Crippen molar-refractivity contribution in [1.82, 2.24) is 4.90 Å². The molecule has 1 aliphatic rings. The van der Waals surface area contributed by atoms with E-state index in [0.29, 0.717) is 40.2 Å². The summed E-state index contributed by atoms with van der Waals surface area (Å²) >= 11 is 12.1. The molecule has 6 heteroatoms. The summed E-state index contributed by atoms with van der Waals surface area (Å²) in [5.74, 6) is 1.24. The zero-order valence-electron chi connectivity index (χ0n) is 13.4. The third-order valence-electron chi connectivity index (χ3n) is 4.16. The van der Waals surface area contributed by atoms with Gasteiger partial charge in [-0.05, 0) is 47.9 Å². The minimum Gasteiger partial charge on any atom is -0.493 e. The summed E-state index contributed by atoms with van der Waals surface area (Å²) in [5.41, 5.74) is 2.63. The van der Waals surface area contributed by atoms with Crippen molar-refractivity contribution in [2.75, 3.05) is 20.8 Å². The van der Waals surface area contributed by atoms with Crippen molar-refractivity contribution in [3.8, 4) is 11.5 Å². The number of fused-ring (bicyclic) bond motifs is 1. The number of halogens is 2. The minimum absolute atomic E-state index is 0.122. The van der Waals surface area contributed by atoms with Gasteiger partial charge in [-0.3, -0.25) is 4.79 Å². The number of nitrogens with zero attached hydrogens (tertiary/aromatic N) is 1. The quantitative estimate of drug-likeness (QED) is 0.817. The Morgan fingerprint density at radius 2 is 1.71 bits per heavy atom. The topological polar surface area (TPSA) is 38.8 Å². The average Bonchev–Trinajstić information content (AvgIpc) is 2.61. The van der Waals surface area contributed by atoms with Crippen LogP contribution in [0, 0.1) is 0 Å². The third-order valence-corrected chi connectivity index (χ3v) is 4.73. The number of amides is 1. The number of rotatable bonds is 3. The molecule has 1 heterocycles. The van der Waals surface area contributed by atoms with Gasteiger partial charge in [0.25, 0.3) is 5.91 Å². The zero-order chi connectivity index (χ0) is 17.3. The molecule has 0 saturated heterocycles. The molecule has 0 radical (unpaired) electrons. The van der Waals surface area contributed by atoms with E-state index in [-0.39, 0.29) is 5.91 Å². The lowest BCUT2D eigenvalue weighted by atomic mass is 9.98. The molecule has 0 saturated carbocycles. The average molecular weight is 366 g/mol. The first-order valence-corrected chi connectivity index (χ1v) is 8.27. The van der Waals surface area contributed by atoms with Crippen molar-refractivity contribution >= 4 is 29.1 Å². The van der Waals surface area contributed by atoms with E-state index < -0.39 is 0 Å². The molecule has 0 aliphatic carbocycles. The highest BCUT2D eigenvalue weighted by molar-refractivity contribution is 6.35. The molecular formula is C18H17Cl2NO3. The van der Waals surface area contributed by atoms with Crippen molar-refractivity contribution in [3.63, 3.8) is 0 Å². The van der Waals surface area contributed by atoms with Gasteiger partial charge in [-0.15, -0.1) is 0 Å². The van der Waals surface area contributed by atoms with Crippen molar-refractivity contribution in [1.29, 1.82) is 0 Å². The van der Waals surface area contributed by atoms with E-state index in [4.69, 9.17) is 32.7 Å². The van der Waals surface area contributed by atoms with E-state index >= 15 is 0 Å². The summed E-state index contributed by atoms with van der Waals surface area (Å²) in [6.07, 6.45) is 0.750. The standard InChI is InChI=1S/C18H17Cl2NO3/c1-23-16-7-11-5-6-21(10-12(11)8-17(16)24-2)18(22)14-9-13(19)3-4-15(14)20/h3-4,7-9H,5-6,10H2,1-2H3. The number of hydrogen-bond acceptors (Lipinski definition) is 3. The predicted octanol–water partition coefficient (Wildman–Crippen LogP) is 4.21. The fraction of sp³-hybridized carbons (Fsp3) is 0.278. The molecule has 3 rings (SSSR count). The molecule has 0 spiro atoms. The lowest BCUT2D eigenvalue weighted by molar-refractivity contribution is 0.0734. The Hall–Kier alpha value is -1.91. The Kier molecular flexibility index (Phi) is 4.88. The van der Waals surface area contributed by atoms with E-state index in [9.17, 15) is 4.79 Å². The highest BCUT2D eigenvalue weighted by Gasteiger charge is 2.25. The Morgan fingerprint density at radius 1 is 1.04 bits per heavy atom. The van der Waals surface area contributed by atoms with Gasteiger partial charge in [0.05, 0.1) is 24.8 Å². The molecule has 0 atom stereocenters. The molecule has 2 aromatic carbocycles. The number of ether oxygens (including phenoxy) is 2. The third kappa shape index (κ3) is 3.17. The number of hydrogen-bond donors (Lipinski definition) is 0. The van der Waals surface area contributed by atoms with Gasteiger partial charge in [0.15, 0.2) is 11.5 Å². The number of methoxy groups -OCH3 is 2. The second-order valence-electron chi connectivity index (χ2n) is 5.58. The van der Waals surface area contributed by atoms with Crippen molar-refractivity contribution in [2.24, 2.45) is 0 Å². The van der Waals surface area contributed by atoms with Crippen LogP contribution < -0.4 is 9.47 Å². The molecule has 0 unspecified atom stereocenters. The zero-order valence-corrected chi connectivity index (χ0v) is 14.9. The normalized spacial score (nSPS) is 13.4. The van der Waals surface area contributed by atoms with Gasteiger partial charge in [-0.1, -0.05) is 23.2 Å². The number of carbonyl (C=O) groups is 1. The summed E-state index contributed by atoms with van der Waals surface area (Å²) in [4.78, 5) is 14.6. The van der Waals surface area contributed by atoms with Gasteiger partial charge in [-0.25, -0.2) is 0 Å². The molecule has 0 aromatic heterocycles. The molecule has 4 nitrogen and oxygen atoms in total. The van der Waals surface area contributed by atoms with Crippen LogP contribution in [0.4, 0.5) is 0 Å². The van der Waals surface area contributed by atoms with Crippen molar-refractivity contribution in [3.05, 3.63) is 57.1 Å². The Balaban J connectivity index is 1.89. The molecule has 1 aliphatic heterocycles. The Bertz CT molecular complexity index is 792. The first kappa shape index (κ1) is 16.9. The largest absolute Gasteiger partial charge is 0.493 e. The monoisotopic (exact) mass is 365 g/mol. The van der Waals surface area contributed by atoms with Crippen molar-refractivity contribution < 1.29 is 14.3 Å². The van der Waals surface area contributed by atoms with Crippen LogP contribution in [-0.2, 0) is 13.0 Å². The first-order valence-electron chi connectivity index (χ1n) is 7.51. The van der Waals surface area contributed by atoms with Gasteiger partial charge in [-0.2, -0.15) is 0 Å². The Morgan fingerprint density at radius 3 is 2.38 bits per heavy atom. The van der Waals surface area contributed by atoms with E-state index in [1.54, 1.807) is 37.3 Å². The van der Waals surface area contributed by atoms with Crippen LogP contribution in [0.1, 0.15) is 21.5 Å². The molecule has 126 valence electrons. The Labute approximate surface area is 150 Å². The van der Waals surface area contributed by atoms with Gasteiger partial charge >= 0.3 is 0 Å². The number of carbonyl (C=O) groups excluding carboxylic acids is 1. The molecular weight excluding hydrogens is 349 g/mol. The summed E-state index contributed by atoms with van der Waals surface area (Å²) in [5, 5.41) is 0.897. The van der Waals surface area contributed by atoms with Crippen molar-refractivity contribution in [2.45, 2.75) is 13.0 Å². The highest BCUT2D eigenvalue weighted by Crippen LogP contribution is 2.34. The second-order valence-corrected chi connectivity index (χ2v) is 6.42. The maximum Gasteiger partial charge on any atom is 0.255 e. The van der Waals surface area contributed by atoms with E-state index in [1.165, 1.54) is 0 Å². The molecule has 0 bridgehead atoms. The number of benzene rings is 2. The van der Waals surface area contributed by atoms with E-state index in [1.807, 2.05) is 12.1 Å². The van der Waals surface area contributed by atoms with Crippen LogP contribution in [0.3, 0.4) is 0 Å². The van der Waals surface area contributed by atoms with E-state index in [2.05, 4.69) is 0 Å². The fourth-order valence-electron chi connectivity index (χ4n) is 2.89. The molecule has 2 aromatic rings. The smallest absolute Gasteiger partial charge is 0.255 e. The highest BCUT2D eigenvalue weighted by atomic mass is 35.5. The van der Waals surface area contributed by atoms with Crippen LogP contribution in [0.5, 0.6) is 11.5 Å². The van der Waals surface area contributed by atoms with Gasteiger partial charge < -0.3 is 14.4 Å². The van der Waals surface area contributed by atoms with Crippen LogP contribution in [0.15, 0.2) is 30.3 Å². The fourth-order valence-corrected chi connectivity index (χ4v) is 3.26. The maximum atomic E-state index is 12.8. The predicted molar refractivity (Wildman–Crippen MR) is 94.5 cm³/mol. The summed E-state index contributed by atoms with van der Waals surface area (Å²) in [6.45, 7) is 1.11. The van der Waals surface area contributed by atoms with Crippen LogP contribution >= 0.6 is 23.2 Å². The summed E-state index contributed by atoms with van der Waals surface area (Å²) in [6, 6.07) is 8.82. The van der Waals surface area contributed by atoms with Crippen LogP contribution in [0.2, 0.25) is 10.0 Å². The molecule has 1 amide bonds. The lowest BCUT2D eigenvalue weighted by Gasteiger charge is -2.30. The van der Waals surface area contributed by atoms with E-state index in [0.717, 1.165) is 17.5 Å². The van der Waals surface area contributed by atoms with Gasteiger partial charge in [0.2, 0.25) is 0 Å². The molecule has 0 fully saturated rings. The SMILES string of the molecule is COc1cc2c(cc1OC)CN(C(=O)c1cc(Cl)ccc1Cl)CC2. The minimum atomic E-state index is -0.122. The van der Waals surface area contributed by atoms with Gasteiger partial charge in [0.1, 0.15) is 0 Å². The first-order chi connectivity index (χ1) is 11.5. The molecule has 24 heavy (non-hydrogen) atoms.